The van der Waals surface area contributed by atoms with Crippen LogP contribution in [0.4, 0.5) is 5.69 Å². The summed E-state index contributed by atoms with van der Waals surface area (Å²) in [6, 6.07) is 12.4. The predicted molar refractivity (Wildman–Crippen MR) is 97.5 cm³/mol. The van der Waals surface area contributed by atoms with Gasteiger partial charge in [0, 0.05) is 5.69 Å². The van der Waals surface area contributed by atoms with Gasteiger partial charge in [-0.1, -0.05) is 40.9 Å². The average Bonchev–Trinajstić information content (AvgIpc) is 2.50. The van der Waals surface area contributed by atoms with E-state index < -0.39 is 0 Å². The quantitative estimate of drug-likeness (QED) is 0.794. The average molecular weight is 369 g/mol. The first-order chi connectivity index (χ1) is 10.9. The van der Waals surface area contributed by atoms with Gasteiger partial charge in [-0.25, -0.2) is 0 Å². The molecule has 0 bridgehead atoms. The van der Waals surface area contributed by atoms with Gasteiger partial charge in [0.15, 0.2) is 11.7 Å². The van der Waals surface area contributed by atoms with Crippen LogP contribution < -0.4 is 15.4 Å². The van der Waals surface area contributed by atoms with Gasteiger partial charge in [-0.2, -0.15) is 0 Å². The summed E-state index contributed by atoms with van der Waals surface area (Å²) < 4.78 is 5.37. The molecule has 0 saturated heterocycles. The van der Waals surface area contributed by atoms with E-state index in [2.05, 4.69) is 10.6 Å². The molecule has 0 fully saturated rings. The van der Waals surface area contributed by atoms with Crippen LogP contribution in [0, 0.1) is 6.92 Å². The SMILES string of the molecule is Cc1ccc(OCC(=O)NC(=S)Nc2ccc(Cl)c(Cl)c2)cc1. The van der Waals surface area contributed by atoms with Gasteiger partial charge in [-0.15, -0.1) is 0 Å². The van der Waals surface area contributed by atoms with Crippen molar-refractivity contribution in [2.75, 3.05) is 11.9 Å². The van der Waals surface area contributed by atoms with E-state index in [1.807, 2.05) is 19.1 Å². The highest BCUT2D eigenvalue weighted by Crippen LogP contribution is 2.24. The molecule has 1 amide bonds. The zero-order valence-electron chi connectivity index (χ0n) is 12.2. The van der Waals surface area contributed by atoms with Crippen LogP contribution in [0.1, 0.15) is 5.56 Å². The van der Waals surface area contributed by atoms with Gasteiger partial charge in [-0.05, 0) is 49.5 Å². The zero-order chi connectivity index (χ0) is 16.8. The molecule has 0 heterocycles. The Morgan fingerprint density at radius 3 is 2.48 bits per heavy atom. The third kappa shape index (κ3) is 5.71. The van der Waals surface area contributed by atoms with Gasteiger partial charge >= 0.3 is 0 Å². The van der Waals surface area contributed by atoms with Gasteiger partial charge in [-0.3, -0.25) is 10.1 Å². The number of ether oxygens (including phenoxy) is 1. The van der Waals surface area contributed by atoms with E-state index in [-0.39, 0.29) is 17.6 Å². The topological polar surface area (TPSA) is 50.4 Å². The van der Waals surface area contributed by atoms with E-state index in [9.17, 15) is 4.79 Å². The Morgan fingerprint density at radius 1 is 1.13 bits per heavy atom. The molecular formula is C16H14Cl2N2O2S. The van der Waals surface area contributed by atoms with Crippen LogP contribution in [0.15, 0.2) is 42.5 Å². The van der Waals surface area contributed by atoms with Crippen molar-refractivity contribution < 1.29 is 9.53 Å². The molecule has 0 unspecified atom stereocenters. The highest BCUT2D eigenvalue weighted by atomic mass is 35.5. The van der Waals surface area contributed by atoms with Crippen molar-refractivity contribution in [2.24, 2.45) is 0 Å². The predicted octanol–water partition coefficient (Wildman–Crippen LogP) is 4.19. The maximum absolute atomic E-state index is 11.8. The normalized spacial score (nSPS) is 10.0. The fourth-order valence-corrected chi connectivity index (χ4v) is 2.21. The third-order valence-corrected chi connectivity index (χ3v) is 3.76. The number of aryl methyl sites for hydroxylation is 1. The van der Waals surface area contributed by atoms with Crippen LogP contribution in [-0.4, -0.2) is 17.6 Å². The number of nitrogens with one attached hydrogen (secondary N) is 2. The molecule has 0 aliphatic carbocycles. The number of thiocarbonyl (C=S) groups is 1. The maximum atomic E-state index is 11.8. The number of hydrogen-bond donors (Lipinski definition) is 2. The highest BCUT2D eigenvalue weighted by Gasteiger charge is 2.07. The highest BCUT2D eigenvalue weighted by molar-refractivity contribution is 7.80. The third-order valence-electron chi connectivity index (χ3n) is 2.82. The molecule has 23 heavy (non-hydrogen) atoms. The number of anilines is 1. The first-order valence-electron chi connectivity index (χ1n) is 6.69. The second kappa shape index (κ2) is 8.15. The van der Waals surface area contributed by atoms with Crippen molar-refractivity contribution in [3.63, 3.8) is 0 Å². The lowest BCUT2D eigenvalue weighted by molar-refractivity contribution is -0.121. The second-order valence-electron chi connectivity index (χ2n) is 4.73. The van der Waals surface area contributed by atoms with E-state index in [4.69, 9.17) is 40.2 Å². The summed E-state index contributed by atoms with van der Waals surface area (Å²) in [6.45, 7) is 1.84. The smallest absolute Gasteiger partial charge is 0.264 e. The van der Waals surface area contributed by atoms with Crippen LogP contribution in [0.5, 0.6) is 5.75 Å². The van der Waals surface area contributed by atoms with Crippen molar-refractivity contribution in [2.45, 2.75) is 6.92 Å². The zero-order valence-corrected chi connectivity index (χ0v) is 14.6. The van der Waals surface area contributed by atoms with Crippen molar-refractivity contribution in [1.82, 2.24) is 5.32 Å². The van der Waals surface area contributed by atoms with Crippen molar-refractivity contribution in [1.29, 1.82) is 0 Å². The van der Waals surface area contributed by atoms with Crippen LogP contribution >= 0.6 is 35.4 Å². The number of rotatable bonds is 4. The first kappa shape index (κ1) is 17.5. The molecule has 2 rings (SSSR count). The van der Waals surface area contributed by atoms with E-state index in [0.29, 0.717) is 21.5 Å². The van der Waals surface area contributed by atoms with E-state index in [1.165, 1.54) is 0 Å². The summed E-state index contributed by atoms with van der Waals surface area (Å²) >= 11 is 16.8. The molecular weight excluding hydrogens is 355 g/mol. The second-order valence-corrected chi connectivity index (χ2v) is 5.96. The maximum Gasteiger partial charge on any atom is 0.264 e. The van der Waals surface area contributed by atoms with E-state index in [0.717, 1.165) is 5.56 Å². The van der Waals surface area contributed by atoms with Crippen LogP contribution in [0.2, 0.25) is 10.0 Å². The molecule has 2 aromatic rings. The van der Waals surface area contributed by atoms with Crippen molar-refractivity contribution >= 4 is 52.1 Å². The lowest BCUT2D eigenvalue weighted by Crippen LogP contribution is -2.37. The molecule has 0 saturated carbocycles. The van der Waals surface area contributed by atoms with Crippen LogP contribution in [0.25, 0.3) is 0 Å². The Kier molecular flexibility index (Phi) is 6.21. The number of benzene rings is 2. The molecule has 0 radical (unpaired) electrons. The Labute approximate surface area is 149 Å². The Bertz CT molecular complexity index is 721. The van der Waals surface area contributed by atoms with Gasteiger partial charge in [0.25, 0.3) is 5.91 Å². The molecule has 120 valence electrons. The largest absolute Gasteiger partial charge is 0.484 e. The summed E-state index contributed by atoms with van der Waals surface area (Å²) in [7, 11) is 0. The Morgan fingerprint density at radius 2 is 1.83 bits per heavy atom. The number of carbonyl (C=O) groups excluding carboxylic acids is 1. The van der Waals surface area contributed by atoms with E-state index in [1.54, 1.807) is 30.3 Å². The summed E-state index contributed by atoms with van der Waals surface area (Å²) in [5, 5.41) is 6.37. The molecule has 2 aromatic carbocycles. The fourth-order valence-electron chi connectivity index (χ4n) is 1.68. The van der Waals surface area contributed by atoms with Gasteiger partial charge in [0.1, 0.15) is 5.75 Å². The lowest BCUT2D eigenvalue weighted by atomic mass is 10.2. The standard InChI is InChI=1S/C16H14Cl2N2O2S/c1-10-2-5-12(6-3-10)22-9-15(21)20-16(23)19-11-4-7-13(17)14(18)8-11/h2-8H,9H2,1H3,(H2,19,20,21,23). The summed E-state index contributed by atoms with van der Waals surface area (Å²) in [4.78, 5) is 11.8. The first-order valence-corrected chi connectivity index (χ1v) is 7.86. The number of amides is 1. The van der Waals surface area contributed by atoms with Crippen LogP contribution in [0.3, 0.4) is 0 Å². The summed E-state index contributed by atoms with van der Waals surface area (Å²) in [6.07, 6.45) is 0. The van der Waals surface area contributed by atoms with Gasteiger partial charge in [0.05, 0.1) is 10.0 Å². The number of carbonyl (C=O) groups is 1. The Balaban J connectivity index is 1.81. The monoisotopic (exact) mass is 368 g/mol. The summed E-state index contributed by atoms with van der Waals surface area (Å²) in [5.74, 6) is 0.261. The Hall–Kier alpha value is -1.82. The molecule has 0 aliphatic heterocycles. The molecule has 7 heteroatoms. The molecule has 0 atom stereocenters. The fraction of sp³-hybridized carbons (Fsp3) is 0.125. The summed E-state index contributed by atoms with van der Waals surface area (Å²) in [5.41, 5.74) is 1.75. The molecule has 2 N–H and O–H groups in total. The van der Waals surface area contributed by atoms with Crippen LogP contribution in [-0.2, 0) is 4.79 Å². The van der Waals surface area contributed by atoms with Crippen molar-refractivity contribution in [3.8, 4) is 5.75 Å². The molecule has 4 nitrogen and oxygen atoms in total. The molecule has 0 aromatic heterocycles. The molecule has 0 aliphatic rings. The molecule has 0 spiro atoms. The lowest BCUT2D eigenvalue weighted by Gasteiger charge is -2.11. The number of hydrogen-bond acceptors (Lipinski definition) is 3. The van der Waals surface area contributed by atoms with Gasteiger partial charge in [0.2, 0.25) is 0 Å². The minimum atomic E-state index is -0.358. The van der Waals surface area contributed by atoms with Gasteiger partial charge < -0.3 is 10.1 Å². The van der Waals surface area contributed by atoms with Crippen molar-refractivity contribution in [3.05, 3.63) is 58.1 Å². The number of halogens is 2. The van der Waals surface area contributed by atoms with E-state index >= 15 is 0 Å². The minimum Gasteiger partial charge on any atom is -0.484 e. The minimum absolute atomic E-state index is 0.133.